The number of nitrogens with one attached hydrogen (secondary N) is 4. The normalized spacial score (nSPS) is 21.3. The van der Waals surface area contributed by atoms with E-state index in [-0.39, 0.29) is 35.7 Å². The van der Waals surface area contributed by atoms with Crippen molar-refractivity contribution in [1.82, 2.24) is 50.6 Å². The highest BCUT2D eigenvalue weighted by Crippen LogP contribution is 2.54. The van der Waals surface area contributed by atoms with Crippen LogP contribution < -0.4 is 10.6 Å². The van der Waals surface area contributed by atoms with Crippen molar-refractivity contribution < 1.29 is 28.7 Å². The number of benzene rings is 2. The van der Waals surface area contributed by atoms with Crippen LogP contribution in [0.5, 0.6) is 0 Å². The lowest BCUT2D eigenvalue weighted by Gasteiger charge is -2.40. The maximum absolute atomic E-state index is 13.8. The number of imidazole rings is 2. The van der Waals surface area contributed by atoms with Crippen LogP contribution in [0.4, 0.5) is 9.59 Å². The molecule has 16 nitrogen and oxygen atoms in total. The second-order valence-electron chi connectivity index (χ2n) is 18.5. The van der Waals surface area contributed by atoms with E-state index in [1.807, 2.05) is 49.8 Å². The predicted octanol–water partition coefficient (Wildman–Crippen LogP) is 7.92. The summed E-state index contributed by atoms with van der Waals surface area (Å²) in [7, 11) is 2.59. The molecule has 2 aromatic carbocycles. The molecular formula is C48H58N10O6. The quantitative estimate of drug-likeness (QED) is 0.101. The minimum atomic E-state index is -0.703. The molecule has 1 unspecified atom stereocenters. The van der Waals surface area contributed by atoms with Crippen molar-refractivity contribution in [1.29, 1.82) is 0 Å². The Hall–Kier alpha value is -6.32. The van der Waals surface area contributed by atoms with E-state index in [1.54, 1.807) is 0 Å². The first kappa shape index (κ1) is 43.0. The second-order valence-corrected chi connectivity index (χ2v) is 18.5. The van der Waals surface area contributed by atoms with Crippen molar-refractivity contribution >= 4 is 35.0 Å². The Labute approximate surface area is 372 Å². The van der Waals surface area contributed by atoms with E-state index in [2.05, 4.69) is 57.0 Å². The van der Waals surface area contributed by atoms with Gasteiger partial charge in [-0.2, -0.15) is 0 Å². The number of alkyl carbamates (subject to hydrolysis) is 2. The number of fused-ring (bicyclic) bond motifs is 3. The Bertz CT molecular complexity index is 2560. The van der Waals surface area contributed by atoms with Crippen molar-refractivity contribution in [3.8, 4) is 33.8 Å². The maximum atomic E-state index is 13.8. The summed E-state index contributed by atoms with van der Waals surface area (Å²) in [6.07, 6.45) is 8.33. The Morgan fingerprint density at radius 2 is 1.16 bits per heavy atom. The molecule has 5 heterocycles. The van der Waals surface area contributed by atoms with E-state index < -0.39 is 24.3 Å². The van der Waals surface area contributed by atoms with E-state index in [1.165, 1.54) is 25.3 Å². The van der Waals surface area contributed by atoms with E-state index in [0.29, 0.717) is 24.9 Å². The van der Waals surface area contributed by atoms with Crippen molar-refractivity contribution in [3.05, 3.63) is 71.4 Å². The molecular weight excluding hydrogens is 813 g/mol. The number of likely N-dealkylation sites (tertiary alicyclic amines) is 2. The topological polar surface area (TPSA) is 200 Å². The third-order valence-corrected chi connectivity index (χ3v) is 13.9. The number of amides is 4. The number of hydrogen-bond donors (Lipinski definition) is 4. The lowest BCUT2D eigenvalue weighted by atomic mass is 9.65. The molecule has 4 amide bonds. The largest absolute Gasteiger partial charge is 0.453 e. The predicted molar refractivity (Wildman–Crippen MR) is 240 cm³/mol. The number of nitrogens with zero attached hydrogens (tertiary/aromatic N) is 6. The summed E-state index contributed by atoms with van der Waals surface area (Å²) in [6.45, 7) is 8.82. The molecule has 3 aliphatic carbocycles. The van der Waals surface area contributed by atoms with Gasteiger partial charge in [-0.1, -0.05) is 58.0 Å². The highest BCUT2D eigenvalue weighted by molar-refractivity contribution is 5.88. The summed E-state index contributed by atoms with van der Waals surface area (Å²) in [5.74, 6) is 1.76. The molecule has 4 N–H and O–H groups in total. The standard InChI is InChI=1S/C48H58N10O6/c1-25(2)39(53-47(61)63-5)45(59)57-21-7-9-35(57)43-49-24-34(52-43)27-11-17-30(18-12-27)41-37-28-13-15-29(16-14-28)38(37)42(56-55-41)31-19-20-32-33(23-31)51-44(50-32)36-10-8-22-58(36)46(60)40(26(3)4)54-48(62)64-6/h11-12,17-20,23-26,28-29,35-36,39-40H,7-10,13-16,21-22H2,1-6H3,(H,49,52)(H,50,51)(H,53,61)(H,54,62)/t28?,29?,35?,36-,39+,40+/m1/s1. The summed E-state index contributed by atoms with van der Waals surface area (Å²) >= 11 is 0. The van der Waals surface area contributed by atoms with Gasteiger partial charge in [-0.3, -0.25) is 9.59 Å². The first-order chi connectivity index (χ1) is 30.9. The monoisotopic (exact) mass is 870 g/mol. The first-order valence-corrected chi connectivity index (χ1v) is 22.8. The van der Waals surface area contributed by atoms with Gasteiger partial charge in [0.15, 0.2) is 0 Å². The van der Waals surface area contributed by atoms with Gasteiger partial charge in [0.1, 0.15) is 23.7 Å². The van der Waals surface area contributed by atoms with Crippen LogP contribution in [0.3, 0.4) is 0 Å². The van der Waals surface area contributed by atoms with Crippen LogP contribution in [0.15, 0.2) is 48.7 Å². The van der Waals surface area contributed by atoms with E-state index in [0.717, 1.165) is 108 Å². The molecule has 2 aliphatic heterocycles. The molecule has 0 radical (unpaired) electrons. The number of carbonyl (C=O) groups is 4. The fraction of sp³-hybridized carbons (Fsp3) is 0.500. The zero-order chi connectivity index (χ0) is 44.8. The van der Waals surface area contributed by atoms with Crippen LogP contribution in [-0.2, 0) is 19.1 Å². The van der Waals surface area contributed by atoms with E-state index >= 15 is 0 Å². The third kappa shape index (κ3) is 7.95. The number of hydrogen-bond acceptors (Lipinski definition) is 10. The Kier molecular flexibility index (Phi) is 11.9. The third-order valence-electron chi connectivity index (χ3n) is 13.9. The second kappa shape index (κ2) is 17.7. The van der Waals surface area contributed by atoms with E-state index in [9.17, 15) is 19.2 Å². The SMILES string of the molecule is COC(=O)N[C@H](C(=O)N1CCCC1c1ncc(-c2ccc(-c3nnc(-c4ccc5nc([C@H]6CCCN6C(=O)[C@@H](NC(=O)OC)C(C)C)[nH]c5c4)c4c3C3CCC4CC3)cc2)[nH]1)C(C)C. The molecule has 1 saturated carbocycles. The molecule has 10 rings (SSSR count). The summed E-state index contributed by atoms with van der Waals surface area (Å²) in [6, 6.07) is 12.8. The zero-order valence-electron chi connectivity index (χ0n) is 37.4. The maximum Gasteiger partial charge on any atom is 0.407 e. The molecule has 2 saturated heterocycles. The van der Waals surface area contributed by atoms with Gasteiger partial charge in [-0.25, -0.2) is 19.6 Å². The van der Waals surface area contributed by atoms with Gasteiger partial charge in [0, 0.05) is 24.2 Å². The van der Waals surface area contributed by atoms with Gasteiger partial charge >= 0.3 is 12.2 Å². The minimum Gasteiger partial charge on any atom is -0.453 e. The van der Waals surface area contributed by atoms with Gasteiger partial charge < -0.3 is 39.9 Å². The minimum absolute atomic E-state index is 0.112. The smallest absolute Gasteiger partial charge is 0.407 e. The van der Waals surface area contributed by atoms with Crippen LogP contribution in [0.1, 0.15) is 126 Å². The summed E-state index contributed by atoms with van der Waals surface area (Å²) < 4.78 is 9.60. The molecule has 3 fully saturated rings. The molecule has 16 heteroatoms. The van der Waals surface area contributed by atoms with Crippen molar-refractivity contribution in [2.75, 3.05) is 27.3 Å². The van der Waals surface area contributed by atoms with Crippen LogP contribution in [0.2, 0.25) is 0 Å². The fourth-order valence-electron chi connectivity index (χ4n) is 10.6. The summed E-state index contributed by atoms with van der Waals surface area (Å²) in [4.78, 5) is 72.1. The van der Waals surface area contributed by atoms with Crippen molar-refractivity contribution in [3.63, 3.8) is 0 Å². The average molecular weight is 871 g/mol. The van der Waals surface area contributed by atoms with Crippen molar-refractivity contribution in [2.45, 2.75) is 115 Å². The molecule has 5 aliphatic rings. The number of carbonyl (C=O) groups excluding carboxylic acids is 4. The van der Waals surface area contributed by atoms with Gasteiger partial charge in [0.25, 0.3) is 0 Å². The number of aromatic nitrogens is 6. The fourth-order valence-corrected chi connectivity index (χ4v) is 10.6. The number of rotatable bonds is 11. The molecule has 0 spiro atoms. The van der Waals surface area contributed by atoms with Crippen LogP contribution in [0, 0.1) is 11.8 Å². The lowest BCUT2D eigenvalue weighted by Crippen LogP contribution is -2.51. The summed E-state index contributed by atoms with van der Waals surface area (Å²) in [5.41, 5.74) is 9.98. The molecule has 336 valence electrons. The Morgan fingerprint density at radius 1 is 0.656 bits per heavy atom. The zero-order valence-corrected chi connectivity index (χ0v) is 37.4. The summed E-state index contributed by atoms with van der Waals surface area (Å²) in [5, 5.41) is 15.4. The number of aromatic amines is 2. The molecule has 64 heavy (non-hydrogen) atoms. The van der Waals surface area contributed by atoms with Gasteiger partial charge in [0.2, 0.25) is 11.8 Å². The van der Waals surface area contributed by atoms with Crippen LogP contribution in [-0.4, -0.2) is 103 Å². The van der Waals surface area contributed by atoms with E-state index in [4.69, 9.17) is 29.6 Å². The average Bonchev–Trinajstić information content (AvgIpc) is 4.16. The van der Waals surface area contributed by atoms with Crippen molar-refractivity contribution in [2.24, 2.45) is 11.8 Å². The molecule has 3 aromatic heterocycles. The van der Waals surface area contributed by atoms with Gasteiger partial charge in [-0.15, -0.1) is 10.2 Å². The highest BCUT2D eigenvalue weighted by Gasteiger charge is 2.41. The molecule has 4 atom stereocenters. The number of ether oxygens (including phenoxy) is 2. The molecule has 2 bridgehead atoms. The number of methoxy groups -OCH3 is 2. The number of H-pyrrole nitrogens is 2. The molecule has 5 aromatic rings. The van der Waals surface area contributed by atoms with Gasteiger partial charge in [-0.05, 0) is 104 Å². The highest BCUT2D eigenvalue weighted by atomic mass is 16.5. The van der Waals surface area contributed by atoms with Crippen LogP contribution in [0.25, 0.3) is 44.8 Å². The van der Waals surface area contributed by atoms with Crippen LogP contribution >= 0.6 is 0 Å². The Balaban J connectivity index is 0.963. The Morgan fingerprint density at radius 3 is 1.69 bits per heavy atom. The van der Waals surface area contributed by atoms with Gasteiger partial charge in [0.05, 0.1) is 60.6 Å². The lowest BCUT2D eigenvalue weighted by molar-refractivity contribution is -0.136. The first-order valence-electron chi connectivity index (χ1n) is 22.8.